The van der Waals surface area contributed by atoms with Crippen LogP contribution in [0.2, 0.25) is 5.02 Å². The summed E-state index contributed by atoms with van der Waals surface area (Å²) in [5, 5.41) is 0.138. The molecule has 162 valence electrons. The van der Waals surface area contributed by atoms with Crippen molar-refractivity contribution in [2.24, 2.45) is 0 Å². The number of benzene rings is 2. The van der Waals surface area contributed by atoms with E-state index in [0.29, 0.717) is 17.4 Å². The number of amides is 2. The predicted octanol–water partition coefficient (Wildman–Crippen LogP) is 5.73. The smallest absolute Gasteiger partial charge is 0.328 e. The number of ether oxygens (including phenoxy) is 2. The van der Waals surface area contributed by atoms with Crippen LogP contribution in [-0.4, -0.2) is 35.2 Å². The molecule has 1 saturated heterocycles. The number of rotatable bonds is 6. The summed E-state index contributed by atoms with van der Waals surface area (Å²) in [6.45, 7) is 1.79. The summed E-state index contributed by atoms with van der Waals surface area (Å²) in [7, 11) is 1.22. The van der Waals surface area contributed by atoms with E-state index in [4.69, 9.17) is 16.3 Å². The van der Waals surface area contributed by atoms with Crippen LogP contribution >= 0.6 is 68.5 Å². The molecule has 2 amide bonds. The Morgan fingerprint density at radius 2 is 1.87 bits per heavy atom. The van der Waals surface area contributed by atoms with Crippen LogP contribution in [0.25, 0.3) is 6.08 Å². The molecule has 31 heavy (non-hydrogen) atoms. The second kappa shape index (κ2) is 10.5. The van der Waals surface area contributed by atoms with Gasteiger partial charge in [-0.1, -0.05) is 29.8 Å². The molecule has 3 rings (SSSR count). The van der Waals surface area contributed by atoms with Crippen LogP contribution in [0.5, 0.6) is 5.75 Å². The molecule has 0 N–H and O–H groups in total. The second-order valence-electron chi connectivity index (χ2n) is 6.44. The number of thioether (sulfide) groups is 1. The van der Waals surface area contributed by atoms with Gasteiger partial charge in [0.15, 0.2) is 0 Å². The first-order valence-electron chi connectivity index (χ1n) is 8.93. The number of imide groups is 1. The van der Waals surface area contributed by atoms with Gasteiger partial charge in [0.2, 0.25) is 0 Å². The number of nitrogens with zero attached hydrogens (tertiary/aromatic N) is 1. The van der Waals surface area contributed by atoms with Gasteiger partial charge in [-0.3, -0.25) is 14.5 Å². The Hall–Kier alpha value is -1.31. The molecule has 0 bridgehead atoms. The fourth-order valence-electron chi connectivity index (χ4n) is 2.81. The molecule has 0 aromatic heterocycles. The second-order valence-corrected chi connectivity index (χ2v) is 10.2. The minimum absolute atomic E-state index is 0.247. The fourth-order valence-corrected chi connectivity index (χ4v) is 6.03. The maximum Gasteiger partial charge on any atom is 0.328 e. The SMILES string of the molecule is COC(=O)[C@H](C)N1C(=O)S/C(=C/c2cc(I)c(OCc3ccccc3Cl)c(I)c2)C1=O. The monoisotopic (exact) mass is 683 g/mol. The van der Waals surface area contributed by atoms with Crippen LogP contribution in [-0.2, 0) is 20.9 Å². The van der Waals surface area contributed by atoms with Crippen LogP contribution in [0.3, 0.4) is 0 Å². The molecule has 2 aromatic carbocycles. The van der Waals surface area contributed by atoms with Crippen molar-refractivity contribution in [1.82, 2.24) is 4.90 Å². The minimum Gasteiger partial charge on any atom is -0.487 e. The Balaban J connectivity index is 1.80. The predicted molar refractivity (Wildman–Crippen MR) is 137 cm³/mol. The van der Waals surface area contributed by atoms with Crippen LogP contribution in [0.1, 0.15) is 18.1 Å². The number of methoxy groups -OCH3 is 1. The number of carbonyl (C=O) groups is 3. The summed E-state index contributed by atoms with van der Waals surface area (Å²) < 4.78 is 12.3. The number of hydrogen-bond acceptors (Lipinski definition) is 6. The molecule has 2 aromatic rings. The number of carbonyl (C=O) groups excluding carboxylic acids is 3. The van der Waals surface area contributed by atoms with Gasteiger partial charge in [-0.05, 0) is 93.7 Å². The normalized spacial score (nSPS) is 16.0. The van der Waals surface area contributed by atoms with Crippen molar-refractivity contribution in [2.45, 2.75) is 19.6 Å². The number of hydrogen-bond donors (Lipinski definition) is 0. The summed E-state index contributed by atoms with van der Waals surface area (Å²) in [6.07, 6.45) is 1.64. The third kappa shape index (κ3) is 5.55. The van der Waals surface area contributed by atoms with E-state index >= 15 is 0 Å². The quantitative estimate of drug-likeness (QED) is 0.220. The Morgan fingerprint density at radius 1 is 1.23 bits per heavy atom. The van der Waals surface area contributed by atoms with E-state index in [2.05, 4.69) is 49.9 Å². The first-order valence-corrected chi connectivity index (χ1v) is 12.3. The largest absolute Gasteiger partial charge is 0.487 e. The molecule has 1 aliphatic heterocycles. The number of esters is 1. The highest BCUT2D eigenvalue weighted by atomic mass is 127. The third-order valence-corrected chi connectivity index (χ3v) is 7.26. The van der Waals surface area contributed by atoms with Gasteiger partial charge in [-0.2, -0.15) is 0 Å². The molecule has 6 nitrogen and oxygen atoms in total. The maximum absolute atomic E-state index is 12.7. The highest BCUT2D eigenvalue weighted by molar-refractivity contribution is 14.1. The highest BCUT2D eigenvalue weighted by Crippen LogP contribution is 2.36. The van der Waals surface area contributed by atoms with Gasteiger partial charge in [0.25, 0.3) is 11.1 Å². The zero-order valence-corrected chi connectivity index (χ0v) is 22.2. The molecular weight excluding hydrogens is 668 g/mol. The molecule has 0 radical (unpaired) electrons. The minimum atomic E-state index is -0.982. The standard InChI is InChI=1S/C21H16ClI2NO5S/c1-11(20(27)29-2)25-19(26)17(31-21(25)28)9-12-7-15(23)18(16(24)8-12)30-10-13-5-3-4-6-14(13)22/h3-9,11H,10H2,1-2H3/b17-9+/t11-/m0/s1. The molecule has 0 unspecified atom stereocenters. The van der Waals surface area contributed by atoms with E-state index in [9.17, 15) is 14.4 Å². The molecule has 1 fully saturated rings. The van der Waals surface area contributed by atoms with Gasteiger partial charge >= 0.3 is 5.97 Å². The van der Waals surface area contributed by atoms with Gasteiger partial charge in [0.1, 0.15) is 18.4 Å². The van der Waals surface area contributed by atoms with Crippen molar-refractivity contribution in [1.29, 1.82) is 0 Å². The molecule has 0 saturated carbocycles. The maximum atomic E-state index is 12.7. The van der Waals surface area contributed by atoms with E-state index in [1.165, 1.54) is 14.0 Å². The van der Waals surface area contributed by atoms with Crippen LogP contribution in [0.15, 0.2) is 41.3 Å². The van der Waals surface area contributed by atoms with Crippen LogP contribution < -0.4 is 4.74 Å². The summed E-state index contributed by atoms with van der Waals surface area (Å²) in [6, 6.07) is 10.2. The Morgan fingerprint density at radius 3 is 2.48 bits per heavy atom. The highest BCUT2D eigenvalue weighted by Gasteiger charge is 2.41. The summed E-state index contributed by atoms with van der Waals surface area (Å²) in [5.74, 6) is -0.449. The van der Waals surface area contributed by atoms with E-state index in [0.717, 1.165) is 34.9 Å². The van der Waals surface area contributed by atoms with E-state index in [1.807, 2.05) is 36.4 Å². The van der Waals surface area contributed by atoms with Crippen molar-refractivity contribution in [3.8, 4) is 5.75 Å². The Kier molecular flexibility index (Phi) is 8.27. The molecule has 1 aliphatic rings. The molecule has 10 heteroatoms. The van der Waals surface area contributed by atoms with E-state index in [-0.39, 0.29) is 4.91 Å². The third-order valence-electron chi connectivity index (χ3n) is 4.40. The average Bonchev–Trinajstić information content (AvgIpc) is 3.00. The van der Waals surface area contributed by atoms with Gasteiger partial charge in [-0.25, -0.2) is 4.79 Å². The Bertz CT molecular complexity index is 1070. The fraction of sp³-hybridized carbons (Fsp3) is 0.190. The molecule has 1 atom stereocenters. The molecular formula is C21H16ClI2NO5S. The molecule has 0 aliphatic carbocycles. The lowest BCUT2D eigenvalue weighted by Crippen LogP contribution is -2.42. The topological polar surface area (TPSA) is 72.9 Å². The number of halogens is 3. The van der Waals surface area contributed by atoms with Crippen molar-refractivity contribution in [3.63, 3.8) is 0 Å². The average molecular weight is 684 g/mol. The summed E-state index contributed by atoms with van der Waals surface area (Å²) in [5.41, 5.74) is 1.63. The lowest BCUT2D eigenvalue weighted by atomic mass is 10.2. The van der Waals surface area contributed by atoms with Crippen LogP contribution in [0, 0.1) is 7.14 Å². The van der Waals surface area contributed by atoms with Crippen molar-refractivity contribution < 1.29 is 23.9 Å². The van der Waals surface area contributed by atoms with Gasteiger partial charge < -0.3 is 9.47 Å². The van der Waals surface area contributed by atoms with Crippen LogP contribution in [0.4, 0.5) is 4.79 Å². The van der Waals surface area contributed by atoms with Crippen molar-refractivity contribution >= 4 is 91.7 Å². The first kappa shape index (κ1) is 24.3. The van der Waals surface area contributed by atoms with Crippen molar-refractivity contribution in [2.75, 3.05) is 7.11 Å². The zero-order chi connectivity index (χ0) is 22.7. The first-order chi connectivity index (χ1) is 14.7. The zero-order valence-electron chi connectivity index (χ0n) is 16.4. The Labute approximate surface area is 215 Å². The lowest BCUT2D eigenvalue weighted by molar-refractivity contribution is -0.148. The van der Waals surface area contributed by atoms with Gasteiger partial charge in [0.05, 0.1) is 19.2 Å². The summed E-state index contributed by atoms with van der Waals surface area (Å²) in [4.78, 5) is 37.9. The summed E-state index contributed by atoms with van der Waals surface area (Å²) >= 11 is 11.3. The van der Waals surface area contributed by atoms with E-state index in [1.54, 1.807) is 6.08 Å². The lowest BCUT2D eigenvalue weighted by Gasteiger charge is -2.18. The molecule has 0 spiro atoms. The molecule has 1 heterocycles. The van der Waals surface area contributed by atoms with Gasteiger partial charge in [0, 0.05) is 10.6 Å². The van der Waals surface area contributed by atoms with E-state index < -0.39 is 23.2 Å². The van der Waals surface area contributed by atoms with Crippen molar-refractivity contribution in [3.05, 3.63) is 64.6 Å². The van der Waals surface area contributed by atoms with Gasteiger partial charge in [-0.15, -0.1) is 0 Å².